The molecule has 0 aromatic carbocycles. The predicted octanol–water partition coefficient (Wildman–Crippen LogP) is -5.19. The molecule has 0 rings (SSSR count). The molecule has 0 spiro atoms. The number of aliphatic hydroxyl groups is 5. The lowest BCUT2D eigenvalue weighted by atomic mass is 10.0. The van der Waals surface area contributed by atoms with E-state index in [1.54, 1.807) is 0 Å². The predicted molar refractivity (Wildman–Crippen MR) is 54.1 cm³/mol. The van der Waals surface area contributed by atoms with Gasteiger partial charge in [-0.3, -0.25) is 0 Å². The molecule has 0 heterocycles. The van der Waals surface area contributed by atoms with Gasteiger partial charge in [-0.05, 0) is 13.8 Å². The summed E-state index contributed by atoms with van der Waals surface area (Å²) in [5.41, 5.74) is 3.64. The lowest BCUT2D eigenvalue weighted by molar-refractivity contribution is -0.407. The van der Waals surface area contributed by atoms with Crippen LogP contribution in [0.15, 0.2) is 0 Å². The molecule has 0 aromatic rings. The van der Waals surface area contributed by atoms with Crippen LogP contribution in [0.1, 0.15) is 13.8 Å². The van der Waals surface area contributed by atoms with Crippen molar-refractivity contribution in [3.8, 4) is 0 Å². The first kappa shape index (κ1) is 18.6. The molecule has 0 saturated heterocycles. The summed E-state index contributed by atoms with van der Waals surface area (Å²) in [6.45, 7) is 3.25. The highest BCUT2D eigenvalue weighted by molar-refractivity contribution is 5.70. The maximum atomic E-state index is 9.98. The topological polar surface area (TPSA) is 169 Å². The summed E-state index contributed by atoms with van der Waals surface area (Å²) in [5.74, 6) is -1.98. The van der Waals surface area contributed by atoms with E-state index in [9.17, 15) is 9.90 Å². The van der Waals surface area contributed by atoms with Crippen molar-refractivity contribution < 1.29 is 41.2 Å². The molecule has 8 heteroatoms. The van der Waals surface area contributed by atoms with E-state index in [4.69, 9.17) is 25.5 Å². The molecule has 4 atom stereocenters. The third kappa shape index (κ3) is 8.98. The first-order chi connectivity index (χ1) is 7.64. The van der Waals surface area contributed by atoms with Crippen LogP contribution in [0.25, 0.3) is 0 Å². The second-order valence-corrected chi connectivity index (χ2v) is 3.89. The molecule has 0 aliphatic rings. The molecule has 0 aliphatic heterocycles. The summed E-state index contributed by atoms with van der Waals surface area (Å²) in [4.78, 5) is 9.98. The Morgan fingerprint density at radius 2 is 1.53 bits per heavy atom. The van der Waals surface area contributed by atoms with E-state index in [2.05, 4.69) is 19.6 Å². The molecule has 0 fully saturated rings. The fraction of sp³-hybridized carbons (Fsp3) is 0.889. The van der Waals surface area contributed by atoms with Crippen LogP contribution in [0.2, 0.25) is 0 Å². The van der Waals surface area contributed by atoms with Crippen LogP contribution in [-0.2, 0) is 4.79 Å². The first-order valence-corrected chi connectivity index (χ1v) is 5.02. The minimum Gasteiger partial charge on any atom is -0.547 e. The Balaban J connectivity index is 0. The second-order valence-electron chi connectivity index (χ2n) is 3.89. The Morgan fingerprint density at radius 3 is 1.76 bits per heavy atom. The summed E-state index contributed by atoms with van der Waals surface area (Å²) in [7, 11) is 0. The maximum absolute atomic E-state index is 9.98. The van der Waals surface area contributed by atoms with Crippen LogP contribution in [0.3, 0.4) is 0 Å². The monoisotopic (exact) mass is 255 g/mol. The summed E-state index contributed by atoms with van der Waals surface area (Å²) in [6.07, 6.45) is -8.08. The number of carbonyl (C=O) groups excluding carboxylic acids is 1. The van der Waals surface area contributed by atoms with E-state index in [1.807, 2.05) is 0 Å². The smallest absolute Gasteiger partial charge is 0.122 e. The van der Waals surface area contributed by atoms with Gasteiger partial charge in [0.15, 0.2) is 0 Å². The van der Waals surface area contributed by atoms with Crippen LogP contribution in [0.4, 0.5) is 0 Å². The van der Waals surface area contributed by atoms with Gasteiger partial charge in [-0.2, -0.15) is 0 Å². The van der Waals surface area contributed by atoms with Gasteiger partial charge in [0.2, 0.25) is 0 Å². The van der Waals surface area contributed by atoms with E-state index >= 15 is 0 Å². The molecule has 8 N–H and O–H groups in total. The van der Waals surface area contributed by atoms with Gasteiger partial charge >= 0.3 is 0 Å². The summed E-state index contributed by atoms with van der Waals surface area (Å²) in [5, 5.41) is 53.4. The number of hydrogen-bond donors (Lipinski definition) is 6. The standard InChI is InChI=1S/C6H12O7.C3H9N/c7-1-2(8)3(9)4(10)5(11)6(12)13;1-3(2)4/h2-5,7-11H,1H2,(H,12,13);3H,4H2,1-2H3/t2-,3+,4+,5-;/m1./s1. The van der Waals surface area contributed by atoms with Crippen LogP contribution < -0.4 is 10.8 Å². The first-order valence-electron chi connectivity index (χ1n) is 5.02. The van der Waals surface area contributed by atoms with E-state index in [1.165, 1.54) is 0 Å². The molecule has 0 saturated carbocycles. The molecular formula is C9H21NO7. The molecule has 0 bridgehead atoms. The third-order valence-electron chi connectivity index (χ3n) is 1.50. The van der Waals surface area contributed by atoms with Crippen molar-refractivity contribution in [3.05, 3.63) is 0 Å². The number of carboxylic acid groups (broad SMARTS) is 1. The van der Waals surface area contributed by atoms with Crippen molar-refractivity contribution in [3.63, 3.8) is 0 Å². The van der Waals surface area contributed by atoms with E-state index in [0.29, 0.717) is 6.04 Å². The number of aliphatic hydroxyl groups excluding tert-OH is 5. The van der Waals surface area contributed by atoms with Crippen molar-refractivity contribution in [2.45, 2.75) is 44.3 Å². The second kappa shape index (κ2) is 9.28. The van der Waals surface area contributed by atoms with E-state index < -0.39 is 37.0 Å². The summed E-state index contributed by atoms with van der Waals surface area (Å²) in [6, 6.07) is 0.583. The highest BCUT2D eigenvalue weighted by atomic mass is 16.4. The molecule has 0 radical (unpaired) electrons. The molecule has 0 unspecified atom stereocenters. The van der Waals surface area contributed by atoms with Crippen molar-refractivity contribution in [2.24, 2.45) is 0 Å². The zero-order valence-corrected chi connectivity index (χ0v) is 9.85. The maximum Gasteiger partial charge on any atom is 0.122 e. The number of carbonyl (C=O) groups is 1. The number of rotatable bonds is 5. The number of hydrogen-bond acceptors (Lipinski definition) is 7. The fourth-order valence-electron chi connectivity index (χ4n) is 0.662. The van der Waals surface area contributed by atoms with Gasteiger partial charge in [0.05, 0.1) is 18.6 Å². The molecular weight excluding hydrogens is 234 g/mol. The van der Waals surface area contributed by atoms with Gasteiger partial charge in [0, 0.05) is 0 Å². The van der Waals surface area contributed by atoms with Gasteiger partial charge in [-0.25, -0.2) is 0 Å². The Hall–Kier alpha value is -0.770. The minimum absolute atomic E-state index is 0.583. The Labute approximate surface area is 98.9 Å². The largest absolute Gasteiger partial charge is 0.547 e. The van der Waals surface area contributed by atoms with Crippen molar-refractivity contribution in [1.82, 2.24) is 0 Å². The van der Waals surface area contributed by atoms with Gasteiger partial charge in [0.25, 0.3) is 0 Å². The van der Waals surface area contributed by atoms with Crippen molar-refractivity contribution in [2.75, 3.05) is 6.61 Å². The Bertz CT molecular complexity index is 209. The zero-order valence-electron chi connectivity index (χ0n) is 9.85. The van der Waals surface area contributed by atoms with Gasteiger partial charge < -0.3 is 41.2 Å². The van der Waals surface area contributed by atoms with Gasteiger partial charge in [-0.15, -0.1) is 0 Å². The zero-order chi connectivity index (χ0) is 14.2. The third-order valence-corrected chi connectivity index (χ3v) is 1.50. The van der Waals surface area contributed by atoms with Crippen molar-refractivity contribution >= 4 is 5.97 Å². The molecule has 0 aromatic heterocycles. The van der Waals surface area contributed by atoms with Crippen LogP contribution in [0, 0.1) is 0 Å². The lowest BCUT2D eigenvalue weighted by Crippen LogP contribution is -2.57. The molecule has 104 valence electrons. The number of carboxylic acids is 1. The molecule has 0 amide bonds. The highest BCUT2D eigenvalue weighted by Crippen LogP contribution is 2.04. The van der Waals surface area contributed by atoms with Gasteiger partial charge in [-0.1, -0.05) is 0 Å². The fourth-order valence-corrected chi connectivity index (χ4v) is 0.662. The molecule has 0 aliphatic carbocycles. The van der Waals surface area contributed by atoms with Crippen LogP contribution >= 0.6 is 0 Å². The minimum atomic E-state index is -2.31. The highest BCUT2D eigenvalue weighted by Gasteiger charge is 2.30. The lowest BCUT2D eigenvalue weighted by Gasteiger charge is -2.25. The van der Waals surface area contributed by atoms with E-state index in [0.717, 1.165) is 0 Å². The molecule has 8 nitrogen and oxygen atoms in total. The SMILES string of the molecule is CC(C)[NH3+].O=C([O-])[C@H](O)[C@@H](O)[C@@H](O)[C@H](O)CO. The van der Waals surface area contributed by atoms with Crippen LogP contribution in [0.5, 0.6) is 0 Å². The normalized spacial score (nSPS) is 17.7. The average Bonchev–Trinajstić information content (AvgIpc) is 2.23. The van der Waals surface area contributed by atoms with Crippen LogP contribution in [-0.4, -0.2) is 68.6 Å². The molecule has 17 heavy (non-hydrogen) atoms. The number of aliphatic carboxylic acids is 1. The quantitative estimate of drug-likeness (QED) is 0.285. The van der Waals surface area contributed by atoms with E-state index in [-0.39, 0.29) is 0 Å². The Morgan fingerprint density at radius 1 is 1.18 bits per heavy atom. The summed E-state index contributed by atoms with van der Waals surface area (Å²) >= 11 is 0. The van der Waals surface area contributed by atoms with Gasteiger partial charge in [0.1, 0.15) is 24.4 Å². The number of quaternary nitrogens is 1. The average molecular weight is 255 g/mol. The van der Waals surface area contributed by atoms with Crippen molar-refractivity contribution in [1.29, 1.82) is 0 Å². The summed E-state index contributed by atoms with van der Waals surface area (Å²) < 4.78 is 0. The Kier molecular flexibility index (Phi) is 10.1.